The lowest BCUT2D eigenvalue weighted by molar-refractivity contribution is -0.192. The Morgan fingerprint density at radius 2 is 1.46 bits per heavy atom. The highest BCUT2D eigenvalue weighted by Gasteiger charge is 2.39. The minimum absolute atomic E-state index is 0.187. The molecule has 2 aromatic carbocycles. The van der Waals surface area contributed by atoms with Crippen LogP contribution in [0.5, 0.6) is 5.75 Å². The molecule has 1 N–H and O–H groups in total. The van der Waals surface area contributed by atoms with E-state index in [1.165, 1.54) is 18.4 Å². The molecule has 2 aliphatic rings. The first kappa shape index (κ1) is 30.5. The molecule has 0 aromatic heterocycles. The SMILES string of the molecule is CC(C)CCOc1ccccc1CN1CCC2(CC1)CCN(C(=O)c1ccccc1)CC2.O=C(O)C(F)(F)F. The highest BCUT2D eigenvalue weighted by atomic mass is 19.4. The summed E-state index contributed by atoms with van der Waals surface area (Å²) in [5, 5.41) is 7.12. The van der Waals surface area contributed by atoms with Crippen molar-refractivity contribution in [3.8, 4) is 5.75 Å². The summed E-state index contributed by atoms with van der Waals surface area (Å²) in [5.41, 5.74) is 2.53. The first-order chi connectivity index (χ1) is 18.5. The molecule has 2 saturated heterocycles. The molecule has 2 heterocycles. The topological polar surface area (TPSA) is 70.1 Å². The van der Waals surface area contributed by atoms with Gasteiger partial charge in [-0.05, 0) is 74.7 Å². The first-order valence-corrected chi connectivity index (χ1v) is 13.6. The van der Waals surface area contributed by atoms with Crippen LogP contribution in [0.3, 0.4) is 0 Å². The van der Waals surface area contributed by atoms with E-state index in [2.05, 4.69) is 47.9 Å². The van der Waals surface area contributed by atoms with Gasteiger partial charge < -0.3 is 14.7 Å². The smallest absolute Gasteiger partial charge is 0.490 e. The van der Waals surface area contributed by atoms with Crippen LogP contribution in [-0.4, -0.2) is 65.7 Å². The zero-order chi connectivity index (χ0) is 28.5. The zero-order valence-corrected chi connectivity index (χ0v) is 22.8. The van der Waals surface area contributed by atoms with Gasteiger partial charge >= 0.3 is 12.1 Å². The number of para-hydroxylation sites is 1. The normalized spacial score (nSPS) is 17.4. The minimum atomic E-state index is -5.08. The Morgan fingerprint density at radius 3 is 2.03 bits per heavy atom. The van der Waals surface area contributed by atoms with Crippen molar-refractivity contribution in [2.24, 2.45) is 11.3 Å². The predicted molar refractivity (Wildman–Crippen MR) is 144 cm³/mol. The third-order valence-electron chi connectivity index (χ3n) is 7.61. The molecule has 0 atom stereocenters. The Bertz CT molecular complexity index is 1060. The molecule has 0 unspecified atom stereocenters. The number of nitrogens with zero attached hydrogens (tertiary/aromatic N) is 2. The lowest BCUT2D eigenvalue weighted by atomic mass is 9.71. The van der Waals surface area contributed by atoms with Crippen molar-refractivity contribution in [2.75, 3.05) is 32.8 Å². The molecule has 1 amide bonds. The molecule has 9 heteroatoms. The van der Waals surface area contributed by atoms with Crippen molar-refractivity contribution in [1.29, 1.82) is 0 Å². The number of piperidine rings is 2. The highest BCUT2D eigenvalue weighted by molar-refractivity contribution is 5.94. The molecule has 0 bridgehead atoms. The molecule has 6 nitrogen and oxygen atoms in total. The molecular weight excluding hydrogens is 509 g/mol. The average molecular weight is 549 g/mol. The van der Waals surface area contributed by atoms with E-state index in [1.54, 1.807) is 0 Å². The van der Waals surface area contributed by atoms with Crippen LogP contribution in [0, 0.1) is 11.3 Å². The van der Waals surface area contributed by atoms with Crippen LogP contribution in [0.4, 0.5) is 13.2 Å². The number of hydrogen-bond acceptors (Lipinski definition) is 4. The molecule has 2 fully saturated rings. The summed E-state index contributed by atoms with van der Waals surface area (Å²) in [6, 6.07) is 18.2. The van der Waals surface area contributed by atoms with Crippen molar-refractivity contribution in [3.05, 3.63) is 65.7 Å². The fraction of sp³-hybridized carbons (Fsp3) is 0.533. The largest absolute Gasteiger partial charge is 0.493 e. The first-order valence-electron chi connectivity index (χ1n) is 13.6. The summed E-state index contributed by atoms with van der Waals surface area (Å²) in [4.78, 5) is 26.3. The van der Waals surface area contributed by atoms with E-state index in [0.717, 1.165) is 69.9 Å². The number of carboxylic acid groups (broad SMARTS) is 1. The van der Waals surface area contributed by atoms with Crippen LogP contribution in [0.25, 0.3) is 0 Å². The van der Waals surface area contributed by atoms with Gasteiger partial charge in [0.05, 0.1) is 6.61 Å². The van der Waals surface area contributed by atoms with E-state index in [0.29, 0.717) is 11.3 Å². The predicted octanol–water partition coefficient (Wildman–Crippen LogP) is 6.26. The second-order valence-electron chi connectivity index (χ2n) is 10.9. The van der Waals surface area contributed by atoms with Crippen LogP contribution < -0.4 is 4.74 Å². The summed E-state index contributed by atoms with van der Waals surface area (Å²) < 4.78 is 37.8. The van der Waals surface area contributed by atoms with Gasteiger partial charge in [-0.15, -0.1) is 0 Å². The number of alkyl halides is 3. The second-order valence-corrected chi connectivity index (χ2v) is 10.9. The fourth-order valence-corrected chi connectivity index (χ4v) is 5.05. The molecule has 0 saturated carbocycles. The number of carbonyl (C=O) groups excluding carboxylic acids is 1. The standard InChI is InChI=1S/C28H38N2O2.C2HF3O2/c1-23(2)12-21-32-26-11-7-6-10-25(26)22-29-17-13-28(14-18-29)15-19-30(20-16-28)27(31)24-8-4-3-5-9-24;3-2(4,5)1(6)7/h3-11,23H,12-22H2,1-2H3;(H,6,7). The number of carboxylic acids is 1. The van der Waals surface area contributed by atoms with E-state index < -0.39 is 12.1 Å². The van der Waals surface area contributed by atoms with Gasteiger partial charge in [0.1, 0.15) is 5.75 Å². The van der Waals surface area contributed by atoms with Gasteiger partial charge in [0.15, 0.2) is 0 Å². The number of carbonyl (C=O) groups is 2. The Kier molecular flexibility index (Phi) is 10.8. The van der Waals surface area contributed by atoms with Crippen molar-refractivity contribution in [1.82, 2.24) is 9.80 Å². The summed E-state index contributed by atoms with van der Waals surface area (Å²) in [6.07, 6.45) is 0.737. The Morgan fingerprint density at radius 1 is 0.923 bits per heavy atom. The third kappa shape index (κ3) is 9.27. The molecule has 1 spiro atoms. The van der Waals surface area contributed by atoms with Gasteiger partial charge in [0, 0.05) is 30.8 Å². The van der Waals surface area contributed by atoms with Crippen LogP contribution >= 0.6 is 0 Å². The van der Waals surface area contributed by atoms with Gasteiger partial charge in [0.2, 0.25) is 0 Å². The van der Waals surface area contributed by atoms with E-state index >= 15 is 0 Å². The van der Waals surface area contributed by atoms with E-state index in [-0.39, 0.29) is 5.91 Å². The van der Waals surface area contributed by atoms with Crippen LogP contribution in [0.2, 0.25) is 0 Å². The summed E-state index contributed by atoms with van der Waals surface area (Å²) in [7, 11) is 0. The number of halogens is 3. The van der Waals surface area contributed by atoms with Crippen LogP contribution in [0.1, 0.15) is 61.9 Å². The van der Waals surface area contributed by atoms with Gasteiger partial charge in [0.25, 0.3) is 5.91 Å². The van der Waals surface area contributed by atoms with Gasteiger partial charge in [-0.2, -0.15) is 13.2 Å². The molecule has 0 radical (unpaired) electrons. The van der Waals surface area contributed by atoms with E-state index in [9.17, 15) is 18.0 Å². The lowest BCUT2D eigenvalue weighted by Gasteiger charge is -2.47. The Labute approximate surface area is 228 Å². The molecule has 4 rings (SSSR count). The molecule has 2 aliphatic heterocycles. The lowest BCUT2D eigenvalue weighted by Crippen LogP contribution is -2.48. The second kappa shape index (κ2) is 13.8. The minimum Gasteiger partial charge on any atom is -0.493 e. The summed E-state index contributed by atoms with van der Waals surface area (Å²) >= 11 is 0. The summed E-state index contributed by atoms with van der Waals surface area (Å²) in [5.74, 6) is -0.865. The van der Waals surface area contributed by atoms with Crippen molar-refractivity contribution < 1.29 is 32.6 Å². The van der Waals surface area contributed by atoms with Gasteiger partial charge in [-0.3, -0.25) is 9.69 Å². The van der Waals surface area contributed by atoms with Crippen molar-refractivity contribution in [3.63, 3.8) is 0 Å². The maximum absolute atomic E-state index is 12.8. The highest BCUT2D eigenvalue weighted by Crippen LogP contribution is 2.42. The van der Waals surface area contributed by atoms with Crippen molar-refractivity contribution >= 4 is 11.9 Å². The summed E-state index contributed by atoms with van der Waals surface area (Å²) in [6.45, 7) is 10.3. The molecule has 214 valence electrons. The number of ether oxygens (including phenoxy) is 1. The maximum atomic E-state index is 12.8. The Balaban J connectivity index is 0.000000532. The third-order valence-corrected chi connectivity index (χ3v) is 7.61. The van der Waals surface area contributed by atoms with Crippen LogP contribution in [0.15, 0.2) is 54.6 Å². The molecule has 2 aromatic rings. The average Bonchev–Trinajstić information content (AvgIpc) is 2.91. The number of hydrogen-bond donors (Lipinski definition) is 1. The van der Waals surface area contributed by atoms with Gasteiger partial charge in [-0.25, -0.2) is 4.79 Å². The molecule has 39 heavy (non-hydrogen) atoms. The van der Waals surface area contributed by atoms with E-state index in [4.69, 9.17) is 14.6 Å². The molecular formula is C30H39F3N2O4. The zero-order valence-electron chi connectivity index (χ0n) is 22.8. The number of benzene rings is 2. The monoisotopic (exact) mass is 548 g/mol. The van der Waals surface area contributed by atoms with Crippen molar-refractivity contribution in [2.45, 2.75) is 58.7 Å². The number of rotatable bonds is 7. The number of likely N-dealkylation sites (tertiary alicyclic amines) is 2. The number of aliphatic carboxylic acids is 1. The maximum Gasteiger partial charge on any atom is 0.490 e. The van der Waals surface area contributed by atoms with Crippen LogP contribution in [-0.2, 0) is 11.3 Å². The fourth-order valence-electron chi connectivity index (χ4n) is 5.05. The van der Waals surface area contributed by atoms with Gasteiger partial charge in [-0.1, -0.05) is 50.2 Å². The Hall–Kier alpha value is -3.07. The quantitative estimate of drug-likeness (QED) is 0.442. The number of amides is 1. The van der Waals surface area contributed by atoms with E-state index in [1.807, 2.05) is 30.3 Å². The molecule has 0 aliphatic carbocycles.